The van der Waals surface area contributed by atoms with E-state index in [1.807, 2.05) is 27.7 Å². The molecule has 6 heterocycles. The highest BCUT2D eigenvalue weighted by molar-refractivity contribution is 6.03. The van der Waals surface area contributed by atoms with Crippen LogP contribution in [0.2, 0.25) is 0 Å². The Bertz CT molecular complexity index is 1920. The summed E-state index contributed by atoms with van der Waals surface area (Å²) in [4.78, 5) is 17.9. The number of alkyl halides is 2. The Kier molecular flexibility index (Phi) is 10.4. The summed E-state index contributed by atoms with van der Waals surface area (Å²) in [6.07, 6.45) is 7.53. The van der Waals surface area contributed by atoms with E-state index in [2.05, 4.69) is 21.1 Å². The number of phenols is 1. The van der Waals surface area contributed by atoms with E-state index in [4.69, 9.17) is 21.1 Å². The zero-order chi connectivity index (χ0) is 35.7. The number of ether oxygens (including phenoxy) is 1. The van der Waals surface area contributed by atoms with Gasteiger partial charge in [-0.25, -0.2) is 22.5 Å². The average molecular weight is 693 g/mol. The van der Waals surface area contributed by atoms with E-state index in [0.717, 1.165) is 38.8 Å². The predicted octanol–water partition coefficient (Wildman–Crippen LogP) is 7.58. The first-order chi connectivity index (χ1) is 24.3. The lowest BCUT2D eigenvalue weighted by Crippen LogP contribution is -2.60. The number of piperazine rings is 1. The number of nitrogens with one attached hydrogen (secondary N) is 1. The number of halogens is 4. The second-order valence-corrected chi connectivity index (χ2v) is 12.8. The fourth-order valence-electron chi connectivity index (χ4n) is 8.08. The van der Waals surface area contributed by atoms with Gasteiger partial charge in [-0.1, -0.05) is 39.7 Å². The number of hydrogen-bond acceptors (Lipinski definition) is 8. The quantitative estimate of drug-likeness (QED) is 0.129. The fourth-order valence-corrected chi connectivity index (χ4v) is 8.08. The number of aryl methyl sites for hydroxylation is 1. The van der Waals surface area contributed by atoms with Crippen molar-refractivity contribution >= 4 is 27.5 Å². The lowest BCUT2D eigenvalue weighted by atomic mass is 9.94. The highest BCUT2D eigenvalue weighted by Crippen LogP contribution is 2.43. The number of benzene rings is 2. The molecule has 0 aliphatic carbocycles. The fraction of sp³-hybridized carbons (Fsp3) is 0.500. The van der Waals surface area contributed by atoms with Crippen molar-refractivity contribution in [1.29, 1.82) is 0 Å². The van der Waals surface area contributed by atoms with E-state index in [1.165, 1.54) is 29.2 Å². The molecule has 0 spiro atoms. The number of aromatic hydroxyl groups is 1. The molecule has 266 valence electrons. The van der Waals surface area contributed by atoms with Gasteiger partial charge in [-0.15, -0.1) is 6.42 Å². The Morgan fingerprint density at radius 3 is 2.48 bits per heavy atom. The van der Waals surface area contributed by atoms with Crippen LogP contribution in [0, 0.1) is 24.0 Å². The molecular weight excluding hydrogens is 648 g/mol. The van der Waals surface area contributed by atoms with Crippen LogP contribution in [0.5, 0.6) is 11.8 Å². The largest absolute Gasteiger partial charge is 0.508 e. The molecule has 2 aromatic carbocycles. The number of aromatic nitrogens is 3. The summed E-state index contributed by atoms with van der Waals surface area (Å²) < 4.78 is 68.3. The lowest BCUT2D eigenvalue weighted by Gasteiger charge is -2.42. The van der Waals surface area contributed by atoms with Crippen molar-refractivity contribution < 1.29 is 27.4 Å². The molecule has 8 rings (SSSR count). The molecule has 3 unspecified atom stereocenters. The monoisotopic (exact) mass is 692 g/mol. The minimum absolute atomic E-state index is 0.0903. The number of phenolic OH excluding ortho intramolecular Hbond substituents is 1. The van der Waals surface area contributed by atoms with Crippen molar-refractivity contribution in [3.63, 3.8) is 0 Å². The number of rotatable bonds is 4. The van der Waals surface area contributed by atoms with Gasteiger partial charge >= 0.3 is 6.01 Å². The topological polar surface area (TPSA) is 86.6 Å². The highest BCUT2D eigenvalue weighted by Gasteiger charge is 2.45. The number of terminal acetylenes is 1. The van der Waals surface area contributed by atoms with Crippen molar-refractivity contribution in [3.8, 4) is 35.4 Å². The van der Waals surface area contributed by atoms with E-state index in [1.54, 1.807) is 0 Å². The van der Waals surface area contributed by atoms with Gasteiger partial charge in [-0.2, -0.15) is 9.97 Å². The Labute approximate surface area is 290 Å². The minimum atomic E-state index is -1.68. The van der Waals surface area contributed by atoms with E-state index < -0.39 is 30.3 Å². The van der Waals surface area contributed by atoms with Crippen LogP contribution >= 0.6 is 0 Å². The smallest absolute Gasteiger partial charge is 0.319 e. The van der Waals surface area contributed by atoms with Crippen molar-refractivity contribution in [2.45, 2.75) is 96.8 Å². The maximum absolute atomic E-state index is 17.0. The van der Waals surface area contributed by atoms with Crippen LogP contribution in [0.4, 0.5) is 23.4 Å². The van der Waals surface area contributed by atoms with Crippen molar-refractivity contribution in [3.05, 3.63) is 47.2 Å². The maximum atomic E-state index is 17.0. The average Bonchev–Trinajstić information content (AvgIpc) is 3.70. The van der Waals surface area contributed by atoms with Gasteiger partial charge in [0.15, 0.2) is 18.4 Å². The zero-order valence-corrected chi connectivity index (χ0v) is 29.0. The second kappa shape index (κ2) is 14.6. The SMILES string of the molecule is C#Cc1c(F)ccc2cc(O)cc(-c3nc4c5c(nc(OCC67CCCN6CCC7)nc5c3F)N3CC(F)NC(F)C3CCC4)c12.CC.CC. The third-order valence-electron chi connectivity index (χ3n) is 10.2. The molecule has 4 aromatic rings. The van der Waals surface area contributed by atoms with Gasteiger partial charge in [0, 0.05) is 10.9 Å². The van der Waals surface area contributed by atoms with Gasteiger partial charge in [0.2, 0.25) is 0 Å². The number of anilines is 1. The first-order valence-corrected chi connectivity index (χ1v) is 17.8. The Morgan fingerprint density at radius 2 is 1.76 bits per heavy atom. The van der Waals surface area contributed by atoms with Gasteiger partial charge in [-0.05, 0) is 81.6 Å². The Hall–Kier alpha value is -4.21. The van der Waals surface area contributed by atoms with E-state index in [0.29, 0.717) is 36.9 Å². The maximum Gasteiger partial charge on any atom is 0.319 e. The number of nitrogens with zero attached hydrogens (tertiary/aromatic N) is 5. The molecule has 50 heavy (non-hydrogen) atoms. The molecule has 0 amide bonds. The van der Waals surface area contributed by atoms with Crippen LogP contribution in [0.3, 0.4) is 0 Å². The highest BCUT2D eigenvalue weighted by atomic mass is 19.2. The normalized spacial score (nSPS) is 22.3. The molecule has 3 atom stereocenters. The number of fused-ring (bicyclic) bond motifs is 4. The molecule has 4 aliphatic rings. The van der Waals surface area contributed by atoms with Crippen molar-refractivity contribution in [2.75, 3.05) is 31.1 Å². The third-order valence-corrected chi connectivity index (χ3v) is 10.2. The Balaban J connectivity index is 0.00000104. The standard InChI is InChI=1S/C34H32F4N6O2.2C2H6/c1-2-20-22(35)9-8-18-14-19(45)15-21(26(18)20)29-28(37)30-27-23(39-29)6-3-7-24-31(38)40-25(36)16-44(24)32(27)42-33(41-30)46-17-34-10-4-12-43(34)13-5-11-34;2*1-2/h1,8-9,14-15,24-25,31,40,45H,3-7,10-13,16-17H2;2*1-2H3. The summed E-state index contributed by atoms with van der Waals surface area (Å²) >= 11 is 0. The van der Waals surface area contributed by atoms with E-state index in [9.17, 15) is 13.9 Å². The van der Waals surface area contributed by atoms with Crippen LogP contribution in [0.25, 0.3) is 32.9 Å². The lowest BCUT2D eigenvalue weighted by molar-refractivity contribution is 0.102. The number of pyridine rings is 1. The predicted molar refractivity (Wildman–Crippen MR) is 188 cm³/mol. The Morgan fingerprint density at radius 1 is 1.02 bits per heavy atom. The molecule has 3 fully saturated rings. The summed E-state index contributed by atoms with van der Waals surface area (Å²) in [7, 11) is 0. The minimum Gasteiger partial charge on any atom is -0.508 e. The van der Waals surface area contributed by atoms with Crippen LogP contribution in [0.15, 0.2) is 24.3 Å². The van der Waals surface area contributed by atoms with Crippen LogP contribution in [-0.4, -0.2) is 75.4 Å². The van der Waals surface area contributed by atoms with Gasteiger partial charge in [0.05, 0.1) is 34.8 Å². The van der Waals surface area contributed by atoms with Crippen LogP contribution < -0.4 is 15.0 Å². The second-order valence-electron chi connectivity index (χ2n) is 12.8. The van der Waals surface area contributed by atoms with Crippen molar-refractivity contribution in [2.24, 2.45) is 0 Å². The van der Waals surface area contributed by atoms with Gasteiger partial charge in [0.1, 0.15) is 35.2 Å². The molecule has 8 nitrogen and oxygen atoms in total. The molecule has 0 bridgehead atoms. The molecule has 2 N–H and O–H groups in total. The summed E-state index contributed by atoms with van der Waals surface area (Å²) in [5.74, 6) is 0.801. The first kappa shape index (κ1) is 35.6. The van der Waals surface area contributed by atoms with Crippen molar-refractivity contribution in [1.82, 2.24) is 25.2 Å². The van der Waals surface area contributed by atoms with Gasteiger partial charge in [-0.3, -0.25) is 10.2 Å². The first-order valence-electron chi connectivity index (χ1n) is 17.8. The van der Waals surface area contributed by atoms with E-state index in [-0.39, 0.29) is 62.8 Å². The summed E-state index contributed by atoms with van der Waals surface area (Å²) in [5, 5.41) is 13.8. The summed E-state index contributed by atoms with van der Waals surface area (Å²) in [6, 6.07) is 4.53. The molecule has 0 radical (unpaired) electrons. The molecule has 12 heteroatoms. The zero-order valence-electron chi connectivity index (χ0n) is 29.0. The van der Waals surface area contributed by atoms with Gasteiger partial charge < -0.3 is 14.7 Å². The number of hydrogen-bond donors (Lipinski definition) is 2. The third kappa shape index (κ3) is 6.08. The van der Waals surface area contributed by atoms with Gasteiger partial charge in [0.25, 0.3) is 0 Å². The van der Waals surface area contributed by atoms with Crippen LogP contribution in [0.1, 0.15) is 77.5 Å². The molecule has 4 aliphatic heterocycles. The molecule has 3 saturated heterocycles. The van der Waals surface area contributed by atoms with E-state index >= 15 is 8.78 Å². The van der Waals surface area contributed by atoms with Crippen LogP contribution in [-0.2, 0) is 6.42 Å². The molecule has 2 aromatic heterocycles. The molecular formula is C38H44F4N6O2. The summed E-state index contributed by atoms with van der Waals surface area (Å²) in [6.45, 7) is 10.1. The summed E-state index contributed by atoms with van der Waals surface area (Å²) in [5.41, 5.74) is -0.0376. The molecule has 0 saturated carbocycles.